The first-order valence-electron chi connectivity index (χ1n) is 14.4. The van der Waals surface area contributed by atoms with Crippen LogP contribution in [0.2, 0.25) is 0 Å². The minimum atomic E-state index is -0.475. The first kappa shape index (κ1) is 31.4. The lowest BCUT2D eigenvalue weighted by Crippen LogP contribution is -2.58. The van der Waals surface area contributed by atoms with Crippen LogP contribution in [0.4, 0.5) is 0 Å². The molecule has 3 aliphatic carbocycles. The van der Waals surface area contributed by atoms with Crippen LogP contribution in [0, 0.1) is 34.5 Å². The van der Waals surface area contributed by atoms with E-state index in [9.17, 15) is 14.7 Å². The first-order valence-corrected chi connectivity index (χ1v) is 15.4. The van der Waals surface area contributed by atoms with Crippen molar-refractivity contribution in [2.24, 2.45) is 40.2 Å². The van der Waals surface area contributed by atoms with E-state index >= 15 is 0 Å². The van der Waals surface area contributed by atoms with Crippen molar-refractivity contribution >= 4 is 23.5 Å². The van der Waals surface area contributed by atoms with E-state index < -0.39 is 11.5 Å². The van der Waals surface area contributed by atoms with Gasteiger partial charge in [0.1, 0.15) is 11.9 Å². The number of rotatable bonds is 7. The van der Waals surface area contributed by atoms with Gasteiger partial charge in [0.2, 0.25) is 0 Å². The van der Waals surface area contributed by atoms with Crippen LogP contribution in [0.25, 0.3) is 0 Å². The van der Waals surface area contributed by atoms with Crippen LogP contribution in [0.1, 0.15) is 99.8 Å². The molecule has 0 spiro atoms. The van der Waals surface area contributed by atoms with Crippen LogP contribution >= 0.6 is 11.8 Å². The number of nitrogens with two attached hydrogens (primary N) is 1. The number of aliphatic hydroxyl groups excluding tert-OH is 1. The van der Waals surface area contributed by atoms with Crippen molar-refractivity contribution in [3.63, 3.8) is 0 Å². The summed E-state index contributed by atoms with van der Waals surface area (Å²) in [6.07, 6.45) is 7.79. The molecule has 0 heterocycles. The van der Waals surface area contributed by atoms with Gasteiger partial charge in [-0.25, -0.2) is 0 Å². The molecule has 208 valence electrons. The van der Waals surface area contributed by atoms with Crippen LogP contribution < -0.4 is 5.73 Å². The zero-order valence-corrected chi connectivity index (χ0v) is 24.7. The number of Topliss-reactive ketones (excluding diaryl/α,β-unsaturated/α-hetero) is 1. The number of esters is 1. The summed E-state index contributed by atoms with van der Waals surface area (Å²) in [7, 11) is 0. The van der Waals surface area contributed by atoms with Gasteiger partial charge in [-0.1, -0.05) is 54.5 Å². The lowest BCUT2D eigenvalue weighted by atomic mass is 9.48. The Balaban J connectivity index is 0.00000222. The van der Waals surface area contributed by atoms with Crippen LogP contribution in [0.5, 0.6) is 0 Å². The molecule has 36 heavy (non-hydrogen) atoms. The molecule has 5 nitrogen and oxygen atoms in total. The van der Waals surface area contributed by atoms with Gasteiger partial charge in [0, 0.05) is 29.0 Å². The molecule has 0 saturated heterocycles. The van der Waals surface area contributed by atoms with E-state index in [0.717, 1.165) is 32.1 Å². The topological polar surface area (TPSA) is 89.6 Å². The average molecular weight is 524 g/mol. The summed E-state index contributed by atoms with van der Waals surface area (Å²) in [5, 5.41) is 10.4. The normalized spacial score (nSPS) is 42.7. The Labute approximate surface area is 224 Å². The summed E-state index contributed by atoms with van der Waals surface area (Å²) >= 11 is 1.49. The Bertz CT molecular complexity index is 759. The van der Waals surface area contributed by atoms with E-state index in [-0.39, 0.29) is 46.4 Å². The number of hydrogen-bond acceptors (Lipinski definition) is 6. The predicted molar refractivity (Wildman–Crippen MR) is 151 cm³/mol. The fourth-order valence-corrected chi connectivity index (χ4v) is 8.34. The Hall–Kier alpha value is -0.850. The highest BCUT2D eigenvalue weighted by Gasteiger charge is 2.58. The third-order valence-electron chi connectivity index (χ3n) is 9.63. The van der Waals surface area contributed by atoms with Crippen molar-refractivity contribution in [3.8, 4) is 0 Å². The maximum absolute atomic E-state index is 13.4. The molecule has 0 radical (unpaired) electrons. The zero-order valence-electron chi connectivity index (χ0n) is 23.9. The molecule has 3 fully saturated rings. The summed E-state index contributed by atoms with van der Waals surface area (Å²) in [5.41, 5.74) is 5.42. The molecular formula is C30H53NO4S. The van der Waals surface area contributed by atoms with Gasteiger partial charge in [0.05, 0.1) is 11.9 Å². The molecule has 3 rings (SSSR count). The van der Waals surface area contributed by atoms with E-state index in [1.165, 1.54) is 11.8 Å². The van der Waals surface area contributed by atoms with Crippen molar-refractivity contribution in [2.45, 2.75) is 123 Å². The highest BCUT2D eigenvalue weighted by atomic mass is 32.2. The first-order chi connectivity index (χ1) is 16.9. The lowest BCUT2D eigenvalue weighted by molar-refractivity contribution is -0.181. The number of ketones is 1. The summed E-state index contributed by atoms with van der Waals surface area (Å²) in [6.45, 7) is 19.1. The maximum Gasteiger partial charge on any atom is 0.316 e. The predicted octanol–water partition coefficient (Wildman–Crippen LogP) is 6.17. The standard InChI is InChI=1S/C28H47NO4S.C2H6/c1-7-21(30)26-20-11-9-18(4)28(26,6)24(15-27(5,8-2)14-17(20)3)33-25(32)16-34-23-12-10-19(29)13-22(23)31;1-2/h8,17-20,22-24,26,31H,2,7,9-16,29H2,1,3-6H3;1-2H3/t17?,18?,19?,20?,22?,23?,24?,26?,27-,28+;/m1./s1. The van der Waals surface area contributed by atoms with Gasteiger partial charge in [0.15, 0.2) is 0 Å². The molecule has 3 N–H and O–H groups in total. The fraction of sp³-hybridized carbons (Fsp3) is 0.867. The van der Waals surface area contributed by atoms with Crippen molar-refractivity contribution in [1.82, 2.24) is 0 Å². The van der Waals surface area contributed by atoms with Crippen molar-refractivity contribution in [3.05, 3.63) is 12.7 Å². The third-order valence-corrected chi connectivity index (χ3v) is 11.0. The molecule has 0 aromatic heterocycles. The van der Waals surface area contributed by atoms with Gasteiger partial charge in [-0.15, -0.1) is 18.3 Å². The Morgan fingerprint density at radius 1 is 1.14 bits per heavy atom. The molecule has 10 atom stereocenters. The SMILES string of the molecule is C=C[C@]1(C)CC(C)C2CCC(C)[C@@](C)(C(OC(=O)CSC3CCC(N)CC3O)C1)C2C(=O)CC.CC. The van der Waals surface area contributed by atoms with Gasteiger partial charge < -0.3 is 15.6 Å². The second-order valence-corrected chi connectivity index (χ2v) is 13.2. The zero-order chi connectivity index (χ0) is 27.3. The monoisotopic (exact) mass is 523 g/mol. The number of hydrogen-bond donors (Lipinski definition) is 2. The molecular weight excluding hydrogens is 470 g/mol. The minimum absolute atomic E-state index is 0.0203. The fourth-order valence-electron chi connectivity index (χ4n) is 7.29. The largest absolute Gasteiger partial charge is 0.461 e. The quantitative estimate of drug-likeness (QED) is 0.306. The maximum atomic E-state index is 13.4. The summed E-state index contributed by atoms with van der Waals surface area (Å²) in [6, 6.07) is 0.0430. The summed E-state index contributed by atoms with van der Waals surface area (Å²) in [4.78, 5) is 26.6. The number of aliphatic hydroxyl groups is 1. The van der Waals surface area contributed by atoms with Crippen molar-refractivity contribution in [2.75, 3.05) is 5.75 Å². The Kier molecular flexibility index (Phi) is 11.6. The van der Waals surface area contributed by atoms with Gasteiger partial charge in [-0.3, -0.25) is 9.59 Å². The average Bonchev–Trinajstić information content (AvgIpc) is 2.84. The molecule has 0 aromatic carbocycles. The molecule has 0 aliphatic heterocycles. The van der Waals surface area contributed by atoms with Crippen molar-refractivity contribution < 1.29 is 19.4 Å². The smallest absolute Gasteiger partial charge is 0.316 e. The Morgan fingerprint density at radius 2 is 1.81 bits per heavy atom. The van der Waals surface area contributed by atoms with Crippen LogP contribution in [0.3, 0.4) is 0 Å². The van der Waals surface area contributed by atoms with Crippen LogP contribution in [-0.4, -0.2) is 46.1 Å². The highest BCUT2D eigenvalue weighted by molar-refractivity contribution is 8.00. The van der Waals surface area contributed by atoms with E-state index in [2.05, 4.69) is 34.3 Å². The number of thioether (sulfide) groups is 1. The number of ether oxygens (including phenoxy) is 1. The highest BCUT2D eigenvalue weighted by Crippen LogP contribution is 2.59. The van der Waals surface area contributed by atoms with E-state index in [0.29, 0.717) is 36.9 Å². The van der Waals surface area contributed by atoms with Crippen LogP contribution in [0.15, 0.2) is 12.7 Å². The number of carbonyl (C=O) groups excluding carboxylic acids is 2. The van der Waals surface area contributed by atoms with Gasteiger partial charge in [-0.05, 0) is 68.1 Å². The summed E-state index contributed by atoms with van der Waals surface area (Å²) in [5.74, 6) is 1.22. The molecule has 8 unspecified atom stereocenters. The van der Waals surface area contributed by atoms with E-state index in [1.54, 1.807) is 0 Å². The molecule has 6 heteroatoms. The van der Waals surface area contributed by atoms with Gasteiger partial charge >= 0.3 is 5.97 Å². The second-order valence-electron chi connectivity index (χ2n) is 12.0. The molecule has 0 amide bonds. The number of allylic oxidation sites excluding steroid dienone is 1. The summed E-state index contributed by atoms with van der Waals surface area (Å²) < 4.78 is 6.32. The molecule has 2 bridgehead atoms. The van der Waals surface area contributed by atoms with Gasteiger partial charge in [0.25, 0.3) is 0 Å². The minimum Gasteiger partial charge on any atom is -0.461 e. The molecule has 3 aliphatic rings. The molecule has 3 saturated carbocycles. The third kappa shape index (κ3) is 6.77. The van der Waals surface area contributed by atoms with Gasteiger partial charge in [-0.2, -0.15) is 0 Å². The van der Waals surface area contributed by atoms with E-state index in [4.69, 9.17) is 10.5 Å². The number of carbonyl (C=O) groups is 2. The van der Waals surface area contributed by atoms with Crippen molar-refractivity contribution in [1.29, 1.82) is 0 Å². The Morgan fingerprint density at radius 3 is 2.39 bits per heavy atom. The number of fused-ring (bicyclic) bond motifs is 2. The van der Waals surface area contributed by atoms with E-state index in [1.807, 2.05) is 26.8 Å². The lowest BCUT2D eigenvalue weighted by Gasteiger charge is -2.57. The van der Waals surface area contributed by atoms with Crippen LogP contribution in [-0.2, 0) is 14.3 Å². The molecule has 0 aromatic rings. The second kappa shape index (κ2) is 13.3.